The Labute approximate surface area is 128 Å². The van der Waals surface area contributed by atoms with Crippen molar-refractivity contribution in [3.63, 3.8) is 0 Å². The van der Waals surface area contributed by atoms with Crippen LogP contribution in [0.15, 0.2) is 18.2 Å². The number of hydrogen-bond acceptors (Lipinski definition) is 2. The molecule has 1 aromatic carbocycles. The van der Waals surface area contributed by atoms with Crippen LogP contribution in [0.1, 0.15) is 25.8 Å². The van der Waals surface area contributed by atoms with E-state index in [-0.39, 0.29) is 35.8 Å². The van der Waals surface area contributed by atoms with E-state index in [0.29, 0.717) is 5.56 Å². The predicted molar refractivity (Wildman–Crippen MR) is 78.2 cm³/mol. The number of rotatable bonds is 4. The predicted octanol–water partition coefficient (Wildman–Crippen LogP) is 2.35. The third-order valence-corrected chi connectivity index (χ3v) is 4.13. The zero-order valence-electron chi connectivity index (χ0n) is 12.0. The summed E-state index contributed by atoms with van der Waals surface area (Å²) < 4.78 is 13.9. The molecule has 1 fully saturated rings. The Balaban J connectivity index is 2.20. The Morgan fingerprint density at radius 1 is 1.48 bits per heavy atom. The van der Waals surface area contributed by atoms with Crippen LogP contribution in [0.25, 0.3) is 0 Å². The van der Waals surface area contributed by atoms with E-state index in [1.165, 1.54) is 11.0 Å². The van der Waals surface area contributed by atoms with Crippen molar-refractivity contribution in [1.82, 2.24) is 10.2 Å². The van der Waals surface area contributed by atoms with Crippen LogP contribution in [0.4, 0.5) is 4.39 Å². The quantitative estimate of drug-likeness (QED) is 0.928. The molecule has 4 nitrogen and oxygen atoms in total. The summed E-state index contributed by atoms with van der Waals surface area (Å²) >= 11 is 5.74. The van der Waals surface area contributed by atoms with Gasteiger partial charge in [0, 0.05) is 12.1 Å². The number of amides is 2. The molecule has 1 aliphatic rings. The van der Waals surface area contributed by atoms with E-state index >= 15 is 0 Å². The zero-order valence-corrected chi connectivity index (χ0v) is 12.8. The van der Waals surface area contributed by atoms with Crippen LogP contribution in [0.3, 0.4) is 0 Å². The van der Waals surface area contributed by atoms with Gasteiger partial charge in [-0.3, -0.25) is 9.59 Å². The number of hydrogen-bond donors (Lipinski definition) is 1. The molecule has 2 atom stereocenters. The van der Waals surface area contributed by atoms with Crippen molar-refractivity contribution in [2.24, 2.45) is 5.92 Å². The number of benzene rings is 1. The third kappa shape index (κ3) is 3.35. The van der Waals surface area contributed by atoms with E-state index in [2.05, 4.69) is 5.32 Å². The van der Waals surface area contributed by atoms with E-state index < -0.39 is 11.9 Å². The van der Waals surface area contributed by atoms with Crippen LogP contribution < -0.4 is 5.32 Å². The minimum absolute atomic E-state index is 0.0138. The molecule has 0 aliphatic carbocycles. The van der Waals surface area contributed by atoms with Gasteiger partial charge in [0.05, 0.1) is 11.6 Å². The van der Waals surface area contributed by atoms with Gasteiger partial charge in [0.1, 0.15) is 11.9 Å². The molecule has 0 saturated carbocycles. The second-order valence-electron chi connectivity index (χ2n) is 5.34. The molecular formula is C15H18ClFN2O2. The molecule has 1 aromatic rings. The Bertz CT molecular complexity index is 565. The van der Waals surface area contributed by atoms with Crippen LogP contribution in [-0.4, -0.2) is 29.3 Å². The average molecular weight is 313 g/mol. The summed E-state index contributed by atoms with van der Waals surface area (Å²) in [5.74, 6) is -0.905. The number of carbonyl (C=O) groups is 2. The van der Waals surface area contributed by atoms with Gasteiger partial charge < -0.3 is 10.2 Å². The second-order valence-corrected chi connectivity index (χ2v) is 5.75. The lowest BCUT2D eigenvalue weighted by Gasteiger charge is -2.35. The van der Waals surface area contributed by atoms with E-state index in [9.17, 15) is 14.0 Å². The van der Waals surface area contributed by atoms with Crippen molar-refractivity contribution in [2.45, 2.75) is 32.9 Å². The summed E-state index contributed by atoms with van der Waals surface area (Å²) in [7, 11) is 0. The van der Waals surface area contributed by atoms with Gasteiger partial charge in [-0.05, 0) is 12.0 Å². The second kappa shape index (κ2) is 6.43. The van der Waals surface area contributed by atoms with E-state index in [0.717, 1.165) is 6.42 Å². The maximum Gasteiger partial charge on any atom is 0.246 e. The molecule has 0 aromatic heterocycles. The normalized spacial score (nSPS) is 20.4. The lowest BCUT2D eigenvalue weighted by Crippen LogP contribution is -2.59. The molecule has 21 heavy (non-hydrogen) atoms. The summed E-state index contributed by atoms with van der Waals surface area (Å²) in [6, 6.07) is 4.10. The third-order valence-electron chi connectivity index (χ3n) is 3.83. The number of piperazine rings is 1. The first-order valence-corrected chi connectivity index (χ1v) is 7.32. The van der Waals surface area contributed by atoms with Crippen molar-refractivity contribution in [2.75, 3.05) is 6.54 Å². The van der Waals surface area contributed by atoms with E-state index in [1.54, 1.807) is 12.1 Å². The first-order chi connectivity index (χ1) is 9.93. The molecule has 114 valence electrons. The van der Waals surface area contributed by atoms with Crippen molar-refractivity contribution >= 4 is 23.4 Å². The standard InChI is InChI=1S/C15H18ClFN2O2/c1-3-9(2)14-15(21)19(8-12(20)18-14)7-10-5-4-6-11(16)13(10)17/h4-6,9,14H,3,7-8H2,1-2H3,(H,18,20). The molecule has 1 N–H and O–H groups in total. The van der Waals surface area contributed by atoms with Crippen LogP contribution >= 0.6 is 11.6 Å². The summed E-state index contributed by atoms with van der Waals surface area (Å²) in [5.41, 5.74) is 0.313. The number of halogens is 2. The Kier molecular flexibility index (Phi) is 4.83. The molecule has 1 aliphatic heterocycles. The highest BCUT2D eigenvalue weighted by Gasteiger charge is 2.35. The largest absolute Gasteiger partial charge is 0.342 e. The highest BCUT2D eigenvalue weighted by atomic mass is 35.5. The van der Waals surface area contributed by atoms with Gasteiger partial charge in [-0.2, -0.15) is 0 Å². The van der Waals surface area contributed by atoms with Crippen LogP contribution in [-0.2, 0) is 16.1 Å². The molecule has 2 amide bonds. The molecule has 0 bridgehead atoms. The van der Waals surface area contributed by atoms with Crippen molar-refractivity contribution in [3.05, 3.63) is 34.6 Å². The SMILES string of the molecule is CCC(C)C1NC(=O)CN(Cc2cccc(Cl)c2F)C1=O. The summed E-state index contributed by atoms with van der Waals surface area (Å²) in [6.07, 6.45) is 0.774. The average Bonchev–Trinajstić information content (AvgIpc) is 2.46. The highest BCUT2D eigenvalue weighted by Crippen LogP contribution is 2.21. The fourth-order valence-corrected chi connectivity index (χ4v) is 2.55. The topological polar surface area (TPSA) is 49.4 Å². The van der Waals surface area contributed by atoms with Crippen LogP contribution in [0, 0.1) is 11.7 Å². The van der Waals surface area contributed by atoms with Gasteiger partial charge >= 0.3 is 0 Å². The lowest BCUT2D eigenvalue weighted by atomic mass is 9.96. The van der Waals surface area contributed by atoms with E-state index in [1.807, 2.05) is 13.8 Å². The Morgan fingerprint density at radius 3 is 2.86 bits per heavy atom. The Morgan fingerprint density at radius 2 is 2.19 bits per heavy atom. The minimum atomic E-state index is -0.543. The highest BCUT2D eigenvalue weighted by molar-refractivity contribution is 6.30. The molecule has 2 unspecified atom stereocenters. The van der Waals surface area contributed by atoms with Crippen LogP contribution in [0.5, 0.6) is 0 Å². The number of nitrogens with zero attached hydrogens (tertiary/aromatic N) is 1. The maximum atomic E-state index is 13.9. The first kappa shape index (κ1) is 15.8. The number of carbonyl (C=O) groups excluding carboxylic acids is 2. The zero-order chi connectivity index (χ0) is 15.6. The molecule has 1 heterocycles. The maximum absolute atomic E-state index is 13.9. The van der Waals surface area contributed by atoms with Gasteiger partial charge in [-0.25, -0.2) is 4.39 Å². The van der Waals surface area contributed by atoms with Crippen LogP contribution in [0.2, 0.25) is 5.02 Å². The van der Waals surface area contributed by atoms with Gasteiger partial charge in [0.15, 0.2) is 0 Å². The first-order valence-electron chi connectivity index (χ1n) is 6.95. The smallest absolute Gasteiger partial charge is 0.246 e. The Hall–Kier alpha value is -1.62. The molecular weight excluding hydrogens is 295 g/mol. The van der Waals surface area contributed by atoms with Crippen molar-refractivity contribution < 1.29 is 14.0 Å². The fraction of sp³-hybridized carbons (Fsp3) is 0.467. The van der Waals surface area contributed by atoms with Crippen molar-refractivity contribution in [3.8, 4) is 0 Å². The molecule has 0 spiro atoms. The molecule has 6 heteroatoms. The summed E-state index contributed by atoms with van der Waals surface area (Å²) in [5, 5.41) is 2.72. The van der Waals surface area contributed by atoms with E-state index in [4.69, 9.17) is 11.6 Å². The summed E-state index contributed by atoms with van der Waals surface area (Å²) in [6.45, 7) is 3.86. The molecule has 0 radical (unpaired) electrons. The molecule has 1 saturated heterocycles. The van der Waals surface area contributed by atoms with Crippen molar-refractivity contribution in [1.29, 1.82) is 0 Å². The van der Waals surface area contributed by atoms with Gasteiger partial charge in [0.25, 0.3) is 0 Å². The monoisotopic (exact) mass is 312 g/mol. The minimum Gasteiger partial charge on any atom is -0.342 e. The summed E-state index contributed by atoms with van der Waals surface area (Å²) in [4.78, 5) is 25.6. The molecule has 2 rings (SSSR count). The fourth-order valence-electron chi connectivity index (χ4n) is 2.36. The lowest BCUT2D eigenvalue weighted by molar-refractivity contribution is -0.146. The van der Waals surface area contributed by atoms with Gasteiger partial charge in [0.2, 0.25) is 11.8 Å². The number of nitrogens with one attached hydrogen (secondary N) is 1. The van der Waals surface area contributed by atoms with Gasteiger partial charge in [-0.15, -0.1) is 0 Å². The van der Waals surface area contributed by atoms with Gasteiger partial charge in [-0.1, -0.05) is 44.0 Å².